The number of aryl methyl sites for hydroxylation is 1. The highest BCUT2D eigenvalue weighted by Crippen LogP contribution is 2.55. The Balaban J connectivity index is 1.35. The molecule has 0 atom stereocenters. The Labute approximate surface area is 313 Å². The molecular weight excluding hydrogens is 681 g/mol. The zero-order valence-corrected chi connectivity index (χ0v) is 31.3. The van der Waals surface area contributed by atoms with Crippen molar-refractivity contribution in [2.45, 2.75) is 60.0 Å². The lowest BCUT2D eigenvalue weighted by Crippen LogP contribution is -2.43. The van der Waals surface area contributed by atoms with Gasteiger partial charge >= 0.3 is 11.9 Å². The number of nitrogens with zero attached hydrogens (tertiary/aromatic N) is 4. The highest BCUT2D eigenvalue weighted by atomic mass is 16.7. The van der Waals surface area contributed by atoms with Gasteiger partial charge in [-0.15, -0.1) is 0 Å². The van der Waals surface area contributed by atoms with Gasteiger partial charge in [-0.25, -0.2) is 4.79 Å². The molecule has 0 spiro atoms. The number of anilines is 1. The molecule has 54 heavy (non-hydrogen) atoms. The summed E-state index contributed by atoms with van der Waals surface area (Å²) in [6.07, 6.45) is 0.0602. The Bertz CT molecular complexity index is 2510. The molecule has 7 rings (SSSR count). The van der Waals surface area contributed by atoms with Crippen LogP contribution in [0.3, 0.4) is 0 Å². The van der Waals surface area contributed by atoms with E-state index in [0.29, 0.717) is 28.9 Å². The van der Waals surface area contributed by atoms with Crippen LogP contribution in [-0.2, 0) is 36.1 Å². The summed E-state index contributed by atoms with van der Waals surface area (Å²) >= 11 is 0. The van der Waals surface area contributed by atoms with Gasteiger partial charge in [0.1, 0.15) is 5.54 Å². The summed E-state index contributed by atoms with van der Waals surface area (Å²) in [6, 6.07) is 31.1. The van der Waals surface area contributed by atoms with Gasteiger partial charge in [0.2, 0.25) is 0 Å². The average molecular weight is 723 g/mol. The van der Waals surface area contributed by atoms with E-state index in [9.17, 15) is 19.2 Å². The minimum atomic E-state index is -1.14. The smallest absolute Gasteiger partial charge is 0.331 e. The molecule has 0 N–H and O–H groups in total. The molecule has 1 heterocycles. The van der Waals surface area contributed by atoms with Crippen molar-refractivity contribution in [1.29, 1.82) is 0 Å². The molecule has 1 amide bonds. The summed E-state index contributed by atoms with van der Waals surface area (Å²) in [5.41, 5.74) is 5.66. The van der Waals surface area contributed by atoms with Crippen LogP contribution in [-0.4, -0.2) is 52.1 Å². The van der Waals surface area contributed by atoms with Gasteiger partial charge in [-0.05, 0) is 79.7 Å². The van der Waals surface area contributed by atoms with Crippen molar-refractivity contribution in [2.75, 3.05) is 18.0 Å². The predicted molar refractivity (Wildman–Crippen MR) is 210 cm³/mol. The van der Waals surface area contributed by atoms with Crippen LogP contribution in [0.15, 0.2) is 102 Å². The van der Waals surface area contributed by atoms with E-state index in [1.807, 2.05) is 91.0 Å². The minimum absolute atomic E-state index is 0.0602. The van der Waals surface area contributed by atoms with Crippen LogP contribution in [0, 0.1) is 0 Å². The van der Waals surface area contributed by atoms with E-state index in [1.54, 1.807) is 0 Å². The SMILES string of the molecule is CCN(CC)c1ccc(C(=O)c2ccc3c(c2)c2cc(/C(CC4(N(OC(C)=O)C(C)=O)c5ccccc54)=N/OC(C)=O)ccc2n3CC)c2ccccc12. The molecule has 6 aromatic rings. The number of amides is 1. The Kier molecular flexibility index (Phi) is 9.53. The van der Waals surface area contributed by atoms with E-state index in [4.69, 9.17) is 9.68 Å². The fourth-order valence-corrected chi connectivity index (χ4v) is 7.92. The second-order valence-electron chi connectivity index (χ2n) is 13.5. The molecule has 0 unspecified atom stereocenters. The molecule has 274 valence electrons. The van der Waals surface area contributed by atoms with Gasteiger partial charge in [-0.3, -0.25) is 14.4 Å². The van der Waals surface area contributed by atoms with E-state index >= 15 is 0 Å². The number of rotatable bonds is 11. The van der Waals surface area contributed by atoms with Crippen molar-refractivity contribution in [3.63, 3.8) is 0 Å². The lowest BCUT2D eigenvalue weighted by atomic mass is 9.94. The summed E-state index contributed by atoms with van der Waals surface area (Å²) in [5, 5.41) is 9.09. The maximum atomic E-state index is 14.4. The van der Waals surface area contributed by atoms with Crippen LogP contribution in [0.2, 0.25) is 0 Å². The summed E-state index contributed by atoms with van der Waals surface area (Å²) in [4.78, 5) is 64.7. The third-order valence-corrected chi connectivity index (χ3v) is 10.3. The lowest BCUT2D eigenvalue weighted by Gasteiger charge is -2.29. The zero-order chi connectivity index (χ0) is 38.3. The van der Waals surface area contributed by atoms with Crippen LogP contribution in [0.1, 0.15) is 80.6 Å². The number of oxime groups is 1. The van der Waals surface area contributed by atoms with Crippen molar-refractivity contribution in [2.24, 2.45) is 5.16 Å². The minimum Gasteiger partial charge on any atom is -0.372 e. The van der Waals surface area contributed by atoms with Gasteiger partial charge in [-0.2, -0.15) is 5.06 Å². The Hall–Kier alpha value is -6.29. The molecule has 1 aliphatic rings. The molecule has 1 aliphatic carbocycles. The number of aromatic nitrogens is 1. The van der Waals surface area contributed by atoms with E-state index in [1.165, 1.54) is 20.8 Å². The van der Waals surface area contributed by atoms with E-state index in [2.05, 4.69) is 41.5 Å². The van der Waals surface area contributed by atoms with Crippen LogP contribution in [0.4, 0.5) is 5.69 Å². The maximum absolute atomic E-state index is 14.4. The molecule has 1 aromatic heterocycles. The van der Waals surface area contributed by atoms with Gasteiger partial charge in [0.25, 0.3) is 5.91 Å². The number of benzene rings is 5. The predicted octanol–water partition coefficient (Wildman–Crippen LogP) is 8.29. The molecule has 10 nitrogen and oxygen atoms in total. The first kappa shape index (κ1) is 36.1. The second kappa shape index (κ2) is 14.3. The largest absolute Gasteiger partial charge is 0.372 e. The van der Waals surface area contributed by atoms with Crippen LogP contribution < -0.4 is 4.90 Å². The van der Waals surface area contributed by atoms with Crippen molar-refractivity contribution >= 4 is 67.6 Å². The number of hydrogen-bond acceptors (Lipinski definition) is 8. The molecule has 10 heteroatoms. The zero-order valence-electron chi connectivity index (χ0n) is 31.3. The maximum Gasteiger partial charge on any atom is 0.331 e. The van der Waals surface area contributed by atoms with Crippen molar-refractivity contribution < 1.29 is 28.9 Å². The van der Waals surface area contributed by atoms with E-state index in [-0.39, 0.29) is 12.2 Å². The first-order valence-corrected chi connectivity index (χ1v) is 18.3. The van der Waals surface area contributed by atoms with Crippen LogP contribution in [0.25, 0.3) is 32.6 Å². The van der Waals surface area contributed by atoms with Gasteiger partial charge in [0.05, 0.1) is 5.71 Å². The van der Waals surface area contributed by atoms with Gasteiger partial charge < -0.3 is 19.1 Å². The first-order valence-electron chi connectivity index (χ1n) is 18.3. The monoisotopic (exact) mass is 722 g/mol. The number of hydrogen-bond donors (Lipinski definition) is 0. The number of carbonyl (C=O) groups is 4. The summed E-state index contributed by atoms with van der Waals surface area (Å²) in [7, 11) is 0. The van der Waals surface area contributed by atoms with Crippen molar-refractivity contribution in [3.05, 3.63) is 125 Å². The fourth-order valence-electron chi connectivity index (χ4n) is 7.92. The van der Waals surface area contributed by atoms with Crippen LogP contribution in [0.5, 0.6) is 0 Å². The molecule has 0 bridgehead atoms. The lowest BCUT2D eigenvalue weighted by molar-refractivity contribution is -0.210. The van der Waals surface area contributed by atoms with Gasteiger partial charge in [0, 0.05) is 96.4 Å². The molecule has 0 radical (unpaired) electrons. The van der Waals surface area contributed by atoms with E-state index in [0.717, 1.165) is 67.5 Å². The standard InChI is InChI=1S/C44H42N4O6/c1-7-46(8-2)40-23-20-34(32-14-10-11-15-33(32)40)43(52)31-19-22-42-36(25-31)35-24-30(18-21-41(35)47(42)9-3)39(45-53-28(5)50)26-44(37-16-12-13-17-38(37)44)48(27(4)49)54-29(6)51/h10-25H,7-9,26H2,1-6H3/b45-39+. The molecule has 0 saturated carbocycles. The first-order chi connectivity index (χ1) is 26.0. The number of hydroxylamine groups is 2. The van der Waals surface area contributed by atoms with Gasteiger partial charge in [0.15, 0.2) is 5.78 Å². The number of carbonyl (C=O) groups excluding carboxylic acids is 4. The van der Waals surface area contributed by atoms with Gasteiger partial charge in [-0.1, -0.05) is 59.8 Å². The fraction of sp³-hybridized carbons (Fsp3) is 0.250. The third-order valence-electron chi connectivity index (χ3n) is 10.3. The van der Waals surface area contributed by atoms with Crippen molar-refractivity contribution in [3.8, 4) is 0 Å². The topological polar surface area (TPSA) is 111 Å². The highest BCUT2D eigenvalue weighted by Gasteiger charge is 2.59. The van der Waals surface area contributed by atoms with Crippen molar-refractivity contribution in [1.82, 2.24) is 9.63 Å². The molecule has 0 saturated heterocycles. The Morgan fingerprint density at radius 1 is 0.685 bits per heavy atom. The Morgan fingerprint density at radius 3 is 1.85 bits per heavy atom. The van der Waals surface area contributed by atoms with Crippen LogP contribution >= 0.6 is 0 Å². The number of ketones is 1. The summed E-state index contributed by atoms with van der Waals surface area (Å²) < 4.78 is 2.19. The normalized spacial score (nSPS) is 13.1. The molecule has 0 fully saturated rings. The second-order valence-corrected chi connectivity index (χ2v) is 13.5. The Morgan fingerprint density at radius 2 is 1.28 bits per heavy atom. The summed E-state index contributed by atoms with van der Waals surface area (Å²) in [6.45, 7) is 12.6. The molecule has 0 aliphatic heterocycles. The number of fused-ring (bicyclic) bond motifs is 5. The summed E-state index contributed by atoms with van der Waals surface area (Å²) in [5.74, 6) is -1.80. The highest BCUT2D eigenvalue weighted by molar-refractivity contribution is 6.20. The molecular formula is C44H42N4O6. The quantitative estimate of drug-likeness (QED) is 0.0573. The molecule has 5 aromatic carbocycles. The average Bonchev–Trinajstić information content (AvgIpc) is 3.71. The third kappa shape index (κ3) is 6.07. The van der Waals surface area contributed by atoms with E-state index < -0.39 is 23.4 Å².